The summed E-state index contributed by atoms with van der Waals surface area (Å²) in [5, 5.41) is 0. The van der Waals surface area contributed by atoms with Gasteiger partial charge in [0.15, 0.2) is 0 Å². The molecule has 1 atom stereocenters. The highest BCUT2D eigenvalue weighted by molar-refractivity contribution is 5.69. The normalized spacial score (nSPS) is 12.3. The van der Waals surface area contributed by atoms with E-state index in [4.69, 9.17) is 9.47 Å². The minimum absolute atomic E-state index is 0.117. The molecule has 0 aliphatic heterocycles. The van der Waals surface area contributed by atoms with Gasteiger partial charge in [0.05, 0.1) is 27.1 Å². The van der Waals surface area contributed by atoms with Crippen LogP contribution in [-0.4, -0.2) is 43.8 Å². The van der Waals surface area contributed by atoms with Crippen molar-refractivity contribution in [3.63, 3.8) is 0 Å². The number of ether oxygens (including phenoxy) is 2. The highest BCUT2D eigenvalue weighted by Crippen LogP contribution is 2.18. The summed E-state index contributed by atoms with van der Waals surface area (Å²) in [4.78, 5) is 12.3. The molecule has 0 saturated carbocycles. The number of aryl methyl sites for hydroxylation is 1. The van der Waals surface area contributed by atoms with Gasteiger partial charge in [-0.2, -0.15) is 0 Å². The van der Waals surface area contributed by atoms with Crippen molar-refractivity contribution in [2.75, 3.05) is 27.2 Å². The fraction of sp³-hybridized carbons (Fsp3) is 0.581. The van der Waals surface area contributed by atoms with Crippen LogP contribution in [0.3, 0.4) is 0 Å². The first kappa shape index (κ1) is 28.9. The third-order valence-electron chi connectivity index (χ3n) is 6.53. The van der Waals surface area contributed by atoms with Crippen molar-refractivity contribution in [3.8, 4) is 5.75 Å². The Labute approximate surface area is 214 Å². The van der Waals surface area contributed by atoms with E-state index in [0.29, 0.717) is 13.0 Å². The van der Waals surface area contributed by atoms with Crippen LogP contribution in [0.15, 0.2) is 54.6 Å². The largest absolute Gasteiger partial charge is 0.487 e. The fourth-order valence-corrected chi connectivity index (χ4v) is 4.34. The van der Waals surface area contributed by atoms with Crippen molar-refractivity contribution in [2.45, 2.75) is 90.7 Å². The Kier molecular flexibility index (Phi) is 13.5. The Balaban J connectivity index is 1.64. The van der Waals surface area contributed by atoms with Crippen LogP contribution in [0.5, 0.6) is 5.75 Å². The quantitative estimate of drug-likeness (QED) is 0.127. The van der Waals surface area contributed by atoms with Gasteiger partial charge in [-0.15, -0.1) is 0 Å². The van der Waals surface area contributed by atoms with Gasteiger partial charge in [-0.3, -0.25) is 4.79 Å². The van der Waals surface area contributed by atoms with E-state index >= 15 is 0 Å². The van der Waals surface area contributed by atoms with E-state index in [1.165, 1.54) is 49.7 Å². The molecule has 4 heteroatoms. The molecule has 0 aliphatic rings. The first-order chi connectivity index (χ1) is 16.9. The summed E-state index contributed by atoms with van der Waals surface area (Å²) in [5.41, 5.74) is 2.68. The van der Waals surface area contributed by atoms with Crippen molar-refractivity contribution < 1.29 is 18.8 Å². The smallest absolute Gasteiger partial charge is 0.306 e. The Morgan fingerprint density at radius 1 is 0.829 bits per heavy atom. The van der Waals surface area contributed by atoms with Crippen molar-refractivity contribution >= 4 is 5.97 Å². The molecule has 4 nitrogen and oxygen atoms in total. The summed E-state index contributed by atoms with van der Waals surface area (Å²) in [6.45, 7) is 6.51. The van der Waals surface area contributed by atoms with Crippen LogP contribution in [-0.2, 0) is 22.5 Å². The average molecular weight is 483 g/mol. The summed E-state index contributed by atoms with van der Waals surface area (Å²) in [5.74, 6) is 0.709. The highest BCUT2D eigenvalue weighted by atomic mass is 16.6. The molecular formula is C31H48NO3+. The SMILES string of the molecule is CCCCCCCCc1ccc(OC(CC)COC(=O)CCC[N+](C)(C)Cc2ccccc2)cc1. The van der Waals surface area contributed by atoms with Gasteiger partial charge < -0.3 is 14.0 Å². The Morgan fingerprint density at radius 3 is 2.20 bits per heavy atom. The number of carbonyl (C=O) groups excluding carboxylic acids is 1. The van der Waals surface area contributed by atoms with Crippen LogP contribution < -0.4 is 4.74 Å². The average Bonchev–Trinajstić information content (AvgIpc) is 2.85. The van der Waals surface area contributed by atoms with Crippen molar-refractivity contribution in [2.24, 2.45) is 0 Å². The maximum absolute atomic E-state index is 12.3. The van der Waals surface area contributed by atoms with Gasteiger partial charge in [-0.25, -0.2) is 0 Å². The molecule has 0 fully saturated rings. The number of hydrogen-bond acceptors (Lipinski definition) is 3. The zero-order valence-corrected chi connectivity index (χ0v) is 22.6. The van der Waals surface area contributed by atoms with Gasteiger partial charge in [0, 0.05) is 12.0 Å². The van der Waals surface area contributed by atoms with Crippen LogP contribution in [0, 0.1) is 0 Å². The van der Waals surface area contributed by atoms with Gasteiger partial charge in [0.2, 0.25) is 0 Å². The van der Waals surface area contributed by atoms with Crippen molar-refractivity contribution in [1.29, 1.82) is 0 Å². The number of unbranched alkanes of at least 4 members (excludes halogenated alkanes) is 5. The number of quaternary nitrogens is 1. The fourth-order valence-electron chi connectivity index (χ4n) is 4.34. The van der Waals surface area contributed by atoms with E-state index in [1.54, 1.807) is 0 Å². The monoisotopic (exact) mass is 482 g/mol. The molecule has 0 spiro atoms. The minimum atomic E-state index is -0.138. The predicted octanol–water partition coefficient (Wildman–Crippen LogP) is 7.35. The molecule has 0 aromatic heterocycles. The number of esters is 1. The maximum atomic E-state index is 12.3. The standard InChI is InChI=1S/C31H48NO3/c1-5-7-8-9-10-12-16-27-20-22-30(23-21-27)35-29(6-2)26-34-31(33)19-15-24-32(3,4)25-28-17-13-11-14-18-28/h11,13-14,17-18,20-23,29H,5-10,12,15-16,19,24-26H2,1-4H3/q+1. The Morgan fingerprint density at radius 2 is 1.51 bits per heavy atom. The molecule has 0 aliphatic carbocycles. The van der Waals surface area contributed by atoms with Gasteiger partial charge in [0.1, 0.15) is 25.0 Å². The minimum Gasteiger partial charge on any atom is -0.487 e. The van der Waals surface area contributed by atoms with Crippen molar-refractivity contribution in [1.82, 2.24) is 0 Å². The molecule has 0 bridgehead atoms. The van der Waals surface area contributed by atoms with Gasteiger partial charge >= 0.3 is 5.97 Å². The maximum Gasteiger partial charge on any atom is 0.306 e. The zero-order valence-electron chi connectivity index (χ0n) is 22.6. The third kappa shape index (κ3) is 12.8. The second-order valence-corrected chi connectivity index (χ2v) is 10.4. The molecule has 0 amide bonds. The molecule has 1 unspecified atom stereocenters. The predicted molar refractivity (Wildman–Crippen MR) is 146 cm³/mol. The van der Waals surface area contributed by atoms with Crippen LogP contribution in [0.25, 0.3) is 0 Å². The second kappa shape index (κ2) is 16.4. The summed E-state index contributed by atoms with van der Waals surface area (Å²) < 4.78 is 12.5. The Hall–Kier alpha value is -2.33. The van der Waals surface area contributed by atoms with E-state index < -0.39 is 0 Å². The van der Waals surface area contributed by atoms with E-state index in [9.17, 15) is 4.79 Å². The van der Waals surface area contributed by atoms with Crippen molar-refractivity contribution in [3.05, 3.63) is 65.7 Å². The Bertz CT molecular complexity index is 817. The van der Waals surface area contributed by atoms with E-state index in [2.05, 4.69) is 64.3 Å². The van der Waals surface area contributed by atoms with Crippen LogP contribution in [0.4, 0.5) is 0 Å². The number of benzene rings is 2. The molecular weight excluding hydrogens is 434 g/mol. The molecule has 0 radical (unpaired) electrons. The topological polar surface area (TPSA) is 35.5 Å². The van der Waals surface area contributed by atoms with Crippen LogP contribution >= 0.6 is 0 Å². The number of carbonyl (C=O) groups is 1. The molecule has 0 N–H and O–H groups in total. The first-order valence-corrected chi connectivity index (χ1v) is 13.7. The lowest BCUT2D eigenvalue weighted by atomic mass is 10.0. The van der Waals surface area contributed by atoms with E-state index in [0.717, 1.165) is 42.6 Å². The molecule has 2 aromatic carbocycles. The lowest BCUT2D eigenvalue weighted by Crippen LogP contribution is -2.39. The lowest BCUT2D eigenvalue weighted by Gasteiger charge is -2.29. The molecule has 2 rings (SSSR count). The summed E-state index contributed by atoms with van der Waals surface area (Å²) in [6, 6.07) is 18.9. The van der Waals surface area contributed by atoms with Gasteiger partial charge in [-0.05, 0) is 37.0 Å². The van der Waals surface area contributed by atoms with E-state index in [1.807, 2.05) is 18.2 Å². The molecule has 194 valence electrons. The summed E-state index contributed by atoms with van der Waals surface area (Å²) in [7, 11) is 4.41. The highest BCUT2D eigenvalue weighted by Gasteiger charge is 2.17. The summed E-state index contributed by atoms with van der Waals surface area (Å²) >= 11 is 0. The number of nitrogens with zero attached hydrogens (tertiary/aromatic N) is 1. The first-order valence-electron chi connectivity index (χ1n) is 13.7. The number of rotatable bonds is 18. The summed E-state index contributed by atoms with van der Waals surface area (Å²) in [6.07, 6.45) is 11.0. The molecule has 2 aromatic rings. The van der Waals surface area contributed by atoms with Crippen LogP contribution in [0.1, 0.15) is 82.8 Å². The van der Waals surface area contributed by atoms with Crippen LogP contribution in [0.2, 0.25) is 0 Å². The lowest BCUT2D eigenvalue weighted by molar-refractivity contribution is -0.903. The zero-order chi connectivity index (χ0) is 25.4. The van der Waals surface area contributed by atoms with E-state index in [-0.39, 0.29) is 12.1 Å². The molecule has 0 saturated heterocycles. The van der Waals surface area contributed by atoms with Gasteiger partial charge in [0.25, 0.3) is 0 Å². The van der Waals surface area contributed by atoms with Gasteiger partial charge in [-0.1, -0.05) is 88.4 Å². The number of hydrogen-bond donors (Lipinski definition) is 0. The molecule has 35 heavy (non-hydrogen) atoms. The third-order valence-corrected chi connectivity index (χ3v) is 6.53. The molecule has 0 heterocycles. The second-order valence-electron chi connectivity index (χ2n) is 10.4.